The lowest BCUT2D eigenvalue weighted by atomic mass is 9.93. The number of hydrogen-bond donors (Lipinski definition) is 1. The number of hydrogen-bond acceptors (Lipinski definition) is 5. The fourth-order valence-corrected chi connectivity index (χ4v) is 5.64. The molecule has 1 amide bonds. The fourth-order valence-electron chi connectivity index (χ4n) is 3.55. The van der Waals surface area contributed by atoms with Crippen LogP contribution in [0.1, 0.15) is 23.5 Å². The fraction of sp³-hybridized carbons (Fsp3) is 0.444. The normalized spacial score (nSPS) is 28.3. The molecular weight excluding hydrogens is 340 g/mol. The van der Waals surface area contributed by atoms with Gasteiger partial charge in [0.1, 0.15) is 11.8 Å². The van der Waals surface area contributed by atoms with Gasteiger partial charge in [0.25, 0.3) is 0 Å². The van der Waals surface area contributed by atoms with Gasteiger partial charge in [0.15, 0.2) is 0 Å². The van der Waals surface area contributed by atoms with Gasteiger partial charge in [-0.2, -0.15) is 0 Å². The SMILES string of the molecule is O=C(CC1C=Cc2ccccc21)C1SCN[C@H]1C(=O)N1CCSC1. The summed E-state index contributed by atoms with van der Waals surface area (Å²) in [5.74, 6) is 2.83. The van der Waals surface area contributed by atoms with E-state index >= 15 is 0 Å². The molecule has 2 heterocycles. The summed E-state index contributed by atoms with van der Waals surface area (Å²) in [7, 11) is 0. The van der Waals surface area contributed by atoms with Crippen molar-refractivity contribution in [1.82, 2.24) is 10.2 Å². The van der Waals surface area contributed by atoms with Gasteiger partial charge in [-0.1, -0.05) is 36.4 Å². The van der Waals surface area contributed by atoms with Gasteiger partial charge in [-0.05, 0) is 11.1 Å². The third kappa shape index (κ3) is 3.03. The van der Waals surface area contributed by atoms with Crippen molar-refractivity contribution in [3.05, 3.63) is 41.5 Å². The van der Waals surface area contributed by atoms with E-state index in [1.165, 1.54) is 11.1 Å². The lowest BCUT2D eigenvalue weighted by molar-refractivity contribution is -0.133. The molecule has 3 aliphatic rings. The topological polar surface area (TPSA) is 49.4 Å². The first-order valence-corrected chi connectivity index (χ1v) is 10.5. The van der Waals surface area contributed by atoms with Gasteiger partial charge in [-0.25, -0.2) is 0 Å². The van der Waals surface area contributed by atoms with Crippen molar-refractivity contribution in [2.24, 2.45) is 0 Å². The highest BCUT2D eigenvalue weighted by atomic mass is 32.2. The minimum absolute atomic E-state index is 0.0886. The molecule has 1 aromatic rings. The number of rotatable bonds is 4. The zero-order chi connectivity index (χ0) is 16.5. The van der Waals surface area contributed by atoms with Crippen LogP contribution in [-0.2, 0) is 9.59 Å². The number of benzene rings is 1. The summed E-state index contributed by atoms with van der Waals surface area (Å²) in [6.45, 7) is 0.798. The number of fused-ring (bicyclic) bond motifs is 1. The number of carbonyl (C=O) groups is 2. The molecule has 0 aromatic heterocycles. The van der Waals surface area contributed by atoms with Gasteiger partial charge < -0.3 is 4.90 Å². The number of nitrogens with one attached hydrogen (secondary N) is 1. The summed E-state index contributed by atoms with van der Waals surface area (Å²) < 4.78 is 0. The molecule has 0 saturated carbocycles. The molecule has 126 valence electrons. The molecule has 1 aliphatic carbocycles. The van der Waals surface area contributed by atoms with E-state index in [0.717, 1.165) is 18.2 Å². The average molecular weight is 361 g/mol. The molecule has 24 heavy (non-hydrogen) atoms. The van der Waals surface area contributed by atoms with Crippen LogP contribution in [0.4, 0.5) is 0 Å². The smallest absolute Gasteiger partial charge is 0.242 e. The van der Waals surface area contributed by atoms with Crippen LogP contribution in [0, 0.1) is 0 Å². The van der Waals surface area contributed by atoms with Crippen LogP contribution in [0.5, 0.6) is 0 Å². The van der Waals surface area contributed by atoms with E-state index in [0.29, 0.717) is 12.3 Å². The van der Waals surface area contributed by atoms with Gasteiger partial charge in [0, 0.05) is 30.5 Å². The molecule has 0 radical (unpaired) electrons. The monoisotopic (exact) mass is 360 g/mol. The highest BCUT2D eigenvalue weighted by Gasteiger charge is 2.41. The highest BCUT2D eigenvalue weighted by molar-refractivity contribution is 8.01. The molecule has 2 unspecified atom stereocenters. The molecule has 4 nitrogen and oxygen atoms in total. The van der Waals surface area contributed by atoms with Crippen LogP contribution >= 0.6 is 23.5 Å². The second-order valence-electron chi connectivity index (χ2n) is 6.32. The Morgan fingerprint density at radius 1 is 1.29 bits per heavy atom. The van der Waals surface area contributed by atoms with Crippen LogP contribution in [-0.4, -0.2) is 51.9 Å². The predicted octanol–water partition coefficient (Wildman–Crippen LogP) is 2.32. The van der Waals surface area contributed by atoms with E-state index in [2.05, 4.69) is 29.6 Å². The Morgan fingerprint density at radius 2 is 2.17 bits per heavy atom. The zero-order valence-corrected chi connectivity index (χ0v) is 14.9. The molecular formula is C18H20N2O2S2. The van der Waals surface area contributed by atoms with E-state index in [1.807, 2.05) is 17.0 Å². The van der Waals surface area contributed by atoms with Gasteiger partial charge >= 0.3 is 0 Å². The number of amides is 1. The van der Waals surface area contributed by atoms with E-state index in [9.17, 15) is 9.59 Å². The predicted molar refractivity (Wildman–Crippen MR) is 100 cm³/mol. The molecule has 0 bridgehead atoms. The van der Waals surface area contributed by atoms with Crippen molar-refractivity contribution < 1.29 is 9.59 Å². The molecule has 1 N–H and O–H groups in total. The Bertz CT molecular complexity index is 685. The van der Waals surface area contributed by atoms with Crippen molar-refractivity contribution in [1.29, 1.82) is 0 Å². The third-order valence-electron chi connectivity index (χ3n) is 4.84. The van der Waals surface area contributed by atoms with E-state index in [-0.39, 0.29) is 28.9 Å². The van der Waals surface area contributed by atoms with Gasteiger partial charge in [-0.15, -0.1) is 23.5 Å². The Balaban J connectivity index is 1.44. The first-order valence-electron chi connectivity index (χ1n) is 8.25. The molecule has 6 heteroatoms. The summed E-state index contributed by atoms with van der Waals surface area (Å²) in [6.07, 6.45) is 4.69. The number of allylic oxidation sites excluding steroid dienone is 1. The number of thioether (sulfide) groups is 2. The van der Waals surface area contributed by atoms with Crippen molar-refractivity contribution in [2.75, 3.05) is 24.1 Å². The standard InChI is InChI=1S/C18H20N2O2S2/c21-15(9-13-6-5-12-3-1-2-4-14(12)13)17-16(19-10-24-17)18(22)20-7-8-23-11-20/h1-6,13,16-17,19H,7-11H2/t13?,16-,17?/m1/s1. The number of ketones is 1. The molecule has 2 fully saturated rings. The molecule has 1 aromatic carbocycles. The average Bonchev–Trinajstić information content (AvgIpc) is 3.35. The minimum atomic E-state index is -0.359. The molecule has 0 spiro atoms. The molecule has 2 saturated heterocycles. The Hall–Kier alpha value is -1.24. The minimum Gasteiger partial charge on any atom is -0.331 e. The van der Waals surface area contributed by atoms with Gasteiger partial charge in [-0.3, -0.25) is 14.9 Å². The summed E-state index contributed by atoms with van der Waals surface area (Å²) in [4.78, 5) is 27.4. The summed E-state index contributed by atoms with van der Waals surface area (Å²) in [5, 5.41) is 2.97. The van der Waals surface area contributed by atoms with E-state index < -0.39 is 0 Å². The Morgan fingerprint density at radius 3 is 3.00 bits per heavy atom. The van der Waals surface area contributed by atoms with Crippen molar-refractivity contribution >= 4 is 41.3 Å². The highest BCUT2D eigenvalue weighted by Crippen LogP contribution is 2.35. The van der Waals surface area contributed by atoms with E-state index in [1.54, 1.807) is 23.5 Å². The maximum Gasteiger partial charge on any atom is 0.242 e. The summed E-state index contributed by atoms with van der Waals surface area (Å²) in [6, 6.07) is 7.86. The van der Waals surface area contributed by atoms with Gasteiger partial charge in [0.2, 0.25) is 5.91 Å². The van der Waals surface area contributed by atoms with Crippen LogP contribution in [0.3, 0.4) is 0 Å². The Kier molecular flexibility index (Phi) is 4.70. The molecule has 3 atom stereocenters. The number of Topliss-reactive ketones (excluding diaryl/α,β-unsaturated/α-hetero) is 1. The van der Waals surface area contributed by atoms with Crippen molar-refractivity contribution in [3.8, 4) is 0 Å². The van der Waals surface area contributed by atoms with Gasteiger partial charge in [0.05, 0.1) is 11.1 Å². The summed E-state index contributed by atoms with van der Waals surface area (Å²) >= 11 is 3.35. The third-order valence-corrected chi connectivity index (χ3v) is 7.03. The summed E-state index contributed by atoms with van der Waals surface area (Å²) in [5.41, 5.74) is 2.43. The number of nitrogens with zero attached hydrogens (tertiary/aromatic N) is 1. The van der Waals surface area contributed by atoms with Crippen LogP contribution in [0.25, 0.3) is 6.08 Å². The van der Waals surface area contributed by atoms with E-state index in [4.69, 9.17) is 0 Å². The van der Waals surface area contributed by atoms with Crippen molar-refractivity contribution in [2.45, 2.75) is 23.6 Å². The first-order chi connectivity index (χ1) is 11.7. The quantitative estimate of drug-likeness (QED) is 0.893. The lowest BCUT2D eigenvalue weighted by Gasteiger charge is -2.23. The maximum atomic E-state index is 12.9. The van der Waals surface area contributed by atoms with Crippen LogP contribution < -0.4 is 5.32 Å². The second-order valence-corrected chi connectivity index (χ2v) is 8.52. The zero-order valence-electron chi connectivity index (χ0n) is 13.3. The largest absolute Gasteiger partial charge is 0.331 e. The number of carbonyl (C=O) groups excluding carboxylic acids is 2. The second kappa shape index (κ2) is 6.94. The maximum absolute atomic E-state index is 12.9. The van der Waals surface area contributed by atoms with Crippen LogP contribution in [0.15, 0.2) is 30.3 Å². The molecule has 2 aliphatic heterocycles. The molecule has 4 rings (SSSR count). The van der Waals surface area contributed by atoms with Crippen molar-refractivity contribution in [3.63, 3.8) is 0 Å². The lowest BCUT2D eigenvalue weighted by Crippen LogP contribution is -2.49. The van der Waals surface area contributed by atoms with Crippen LogP contribution in [0.2, 0.25) is 0 Å². The Labute approximate surface area is 150 Å². The first kappa shape index (κ1) is 16.2.